The SMILES string of the molecule is COc1ccccc1-c1nc(CCC(=O)NCCc2ccccc2)cs1. The van der Waals surface area contributed by atoms with Gasteiger partial charge in [-0.3, -0.25) is 4.79 Å². The second-order valence-corrected chi connectivity index (χ2v) is 6.79. The highest BCUT2D eigenvalue weighted by atomic mass is 32.1. The van der Waals surface area contributed by atoms with Crippen LogP contribution in [0, 0.1) is 0 Å². The van der Waals surface area contributed by atoms with Crippen LogP contribution in [0.2, 0.25) is 0 Å². The Morgan fingerprint density at radius 1 is 1.08 bits per heavy atom. The van der Waals surface area contributed by atoms with Crippen LogP contribution in [-0.4, -0.2) is 24.5 Å². The van der Waals surface area contributed by atoms with Crippen LogP contribution in [0.5, 0.6) is 5.75 Å². The van der Waals surface area contributed by atoms with Crippen LogP contribution >= 0.6 is 11.3 Å². The number of aromatic nitrogens is 1. The van der Waals surface area contributed by atoms with Crippen molar-refractivity contribution in [3.05, 3.63) is 71.2 Å². The van der Waals surface area contributed by atoms with Gasteiger partial charge in [-0.15, -0.1) is 11.3 Å². The largest absolute Gasteiger partial charge is 0.496 e. The molecule has 0 spiro atoms. The molecule has 2 aromatic carbocycles. The zero-order valence-corrected chi connectivity index (χ0v) is 15.6. The molecule has 134 valence electrons. The van der Waals surface area contributed by atoms with Gasteiger partial charge < -0.3 is 10.1 Å². The van der Waals surface area contributed by atoms with Crippen LogP contribution in [0.15, 0.2) is 60.0 Å². The molecule has 1 aromatic heterocycles. The summed E-state index contributed by atoms with van der Waals surface area (Å²) >= 11 is 1.58. The molecule has 0 saturated heterocycles. The van der Waals surface area contributed by atoms with Crippen molar-refractivity contribution < 1.29 is 9.53 Å². The Labute approximate surface area is 157 Å². The average molecular weight is 366 g/mol. The smallest absolute Gasteiger partial charge is 0.220 e. The lowest BCUT2D eigenvalue weighted by atomic mass is 10.1. The van der Waals surface area contributed by atoms with Crippen molar-refractivity contribution in [2.45, 2.75) is 19.3 Å². The number of carbonyl (C=O) groups is 1. The molecule has 1 amide bonds. The van der Waals surface area contributed by atoms with Gasteiger partial charge in [0.2, 0.25) is 5.91 Å². The number of amides is 1. The van der Waals surface area contributed by atoms with E-state index in [9.17, 15) is 4.79 Å². The number of ether oxygens (including phenoxy) is 1. The fourth-order valence-electron chi connectivity index (χ4n) is 2.69. The van der Waals surface area contributed by atoms with Crippen molar-refractivity contribution in [2.75, 3.05) is 13.7 Å². The minimum absolute atomic E-state index is 0.0628. The highest BCUT2D eigenvalue weighted by Crippen LogP contribution is 2.32. The van der Waals surface area contributed by atoms with Gasteiger partial charge in [0.15, 0.2) is 0 Å². The lowest BCUT2D eigenvalue weighted by Crippen LogP contribution is -2.25. The van der Waals surface area contributed by atoms with Crippen molar-refractivity contribution in [1.82, 2.24) is 10.3 Å². The Hall–Kier alpha value is -2.66. The molecule has 0 fully saturated rings. The maximum absolute atomic E-state index is 12.0. The number of benzene rings is 2. The Kier molecular flexibility index (Phi) is 6.39. The number of nitrogens with one attached hydrogen (secondary N) is 1. The van der Waals surface area contributed by atoms with Gasteiger partial charge in [-0.05, 0) is 30.5 Å². The van der Waals surface area contributed by atoms with E-state index in [0.717, 1.165) is 28.4 Å². The third-order valence-electron chi connectivity index (χ3n) is 4.08. The number of methoxy groups -OCH3 is 1. The van der Waals surface area contributed by atoms with E-state index in [-0.39, 0.29) is 5.91 Å². The van der Waals surface area contributed by atoms with Crippen molar-refractivity contribution in [3.8, 4) is 16.3 Å². The van der Waals surface area contributed by atoms with Crippen molar-refractivity contribution >= 4 is 17.2 Å². The van der Waals surface area contributed by atoms with Gasteiger partial charge in [-0.25, -0.2) is 4.98 Å². The summed E-state index contributed by atoms with van der Waals surface area (Å²) in [5.74, 6) is 0.875. The number of carbonyl (C=O) groups excluding carboxylic acids is 1. The number of thiazole rings is 1. The molecular weight excluding hydrogens is 344 g/mol. The van der Waals surface area contributed by atoms with Crippen molar-refractivity contribution in [2.24, 2.45) is 0 Å². The van der Waals surface area contributed by atoms with Crippen LogP contribution in [-0.2, 0) is 17.6 Å². The molecule has 1 N–H and O–H groups in total. The normalized spacial score (nSPS) is 10.5. The molecule has 5 heteroatoms. The van der Waals surface area contributed by atoms with Crippen LogP contribution in [0.3, 0.4) is 0 Å². The first-order chi connectivity index (χ1) is 12.8. The molecule has 0 bridgehead atoms. The third kappa shape index (κ3) is 4.92. The summed E-state index contributed by atoms with van der Waals surface area (Å²) in [6.07, 6.45) is 1.94. The van der Waals surface area contributed by atoms with E-state index in [1.54, 1.807) is 18.4 Å². The van der Waals surface area contributed by atoms with Gasteiger partial charge in [0.05, 0.1) is 18.4 Å². The van der Waals surface area contributed by atoms with E-state index in [0.29, 0.717) is 19.4 Å². The van der Waals surface area contributed by atoms with E-state index < -0.39 is 0 Å². The number of para-hydroxylation sites is 1. The molecule has 4 nitrogen and oxygen atoms in total. The summed E-state index contributed by atoms with van der Waals surface area (Å²) in [5, 5.41) is 5.91. The number of rotatable bonds is 8. The van der Waals surface area contributed by atoms with Gasteiger partial charge in [0.25, 0.3) is 0 Å². The van der Waals surface area contributed by atoms with Crippen LogP contribution in [0.25, 0.3) is 10.6 Å². The van der Waals surface area contributed by atoms with Gasteiger partial charge in [-0.2, -0.15) is 0 Å². The molecule has 3 rings (SSSR count). The number of hydrogen-bond donors (Lipinski definition) is 1. The molecule has 0 radical (unpaired) electrons. The number of nitrogens with zero attached hydrogens (tertiary/aromatic N) is 1. The van der Waals surface area contributed by atoms with Gasteiger partial charge in [-0.1, -0.05) is 42.5 Å². The van der Waals surface area contributed by atoms with Crippen LogP contribution in [0.4, 0.5) is 0 Å². The molecule has 0 aliphatic heterocycles. The highest BCUT2D eigenvalue weighted by molar-refractivity contribution is 7.13. The third-order valence-corrected chi connectivity index (χ3v) is 5.00. The lowest BCUT2D eigenvalue weighted by molar-refractivity contribution is -0.121. The molecule has 0 aliphatic carbocycles. The molecule has 0 saturated carbocycles. The predicted octanol–water partition coefficient (Wildman–Crippen LogP) is 4.11. The minimum atomic E-state index is 0.0628. The maximum atomic E-state index is 12.0. The van der Waals surface area contributed by atoms with Crippen LogP contribution < -0.4 is 10.1 Å². The Morgan fingerprint density at radius 2 is 1.85 bits per heavy atom. The zero-order chi connectivity index (χ0) is 18.2. The van der Waals surface area contributed by atoms with Crippen LogP contribution in [0.1, 0.15) is 17.7 Å². The topological polar surface area (TPSA) is 51.2 Å². The summed E-state index contributed by atoms with van der Waals surface area (Å²) in [5.41, 5.74) is 3.15. The average Bonchev–Trinajstić information content (AvgIpc) is 3.16. The first kappa shape index (κ1) is 18.1. The van der Waals surface area contributed by atoms with E-state index in [1.165, 1.54) is 5.56 Å². The standard InChI is InChI=1S/C21H22N2O2S/c1-25-19-10-6-5-9-18(19)21-23-17(15-26-21)11-12-20(24)22-14-13-16-7-3-2-4-8-16/h2-10,15H,11-14H2,1H3,(H,22,24). The Morgan fingerprint density at radius 3 is 2.65 bits per heavy atom. The maximum Gasteiger partial charge on any atom is 0.220 e. The number of hydrogen-bond acceptors (Lipinski definition) is 4. The molecule has 1 heterocycles. The Bertz CT molecular complexity index is 846. The second-order valence-electron chi connectivity index (χ2n) is 5.93. The minimum Gasteiger partial charge on any atom is -0.496 e. The summed E-state index contributed by atoms with van der Waals surface area (Å²) in [7, 11) is 1.66. The highest BCUT2D eigenvalue weighted by Gasteiger charge is 2.10. The predicted molar refractivity (Wildman–Crippen MR) is 106 cm³/mol. The summed E-state index contributed by atoms with van der Waals surface area (Å²) in [6, 6.07) is 18.0. The lowest BCUT2D eigenvalue weighted by Gasteiger charge is -2.05. The van der Waals surface area contributed by atoms with Crippen molar-refractivity contribution in [3.63, 3.8) is 0 Å². The van der Waals surface area contributed by atoms with Crippen molar-refractivity contribution in [1.29, 1.82) is 0 Å². The van der Waals surface area contributed by atoms with E-state index in [2.05, 4.69) is 22.4 Å². The summed E-state index contributed by atoms with van der Waals surface area (Å²) in [4.78, 5) is 16.7. The van der Waals surface area contributed by atoms with E-state index >= 15 is 0 Å². The quantitative estimate of drug-likeness (QED) is 0.653. The van der Waals surface area contributed by atoms with E-state index in [1.807, 2.05) is 47.8 Å². The fourth-order valence-corrected chi connectivity index (χ4v) is 3.57. The number of aryl methyl sites for hydroxylation is 1. The first-order valence-electron chi connectivity index (χ1n) is 8.64. The van der Waals surface area contributed by atoms with Gasteiger partial charge >= 0.3 is 0 Å². The fraction of sp³-hybridized carbons (Fsp3) is 0.238. The molecule has 0 unspecified atom stereocenters. The summed E-state index contributed by atoms with van der Waals surface area (Å²) < 4.78 is 5.39. The Balaban J connectivity index is 1.48. The van der Waals surface area contributed by atoms with Gasteiger partial charge in [0.1, 0.15) is 10.8 Å². The molecule has 26 heavy (non-hydrogen) atoms. The second kappa shape index (κ2) is 9.15. The first-order valence-corrected chi connectivity index (χ1v) is 9.52. The van der Waals surface area contributed by atoms with Gasteiger partial charge in [0, 0.05) is 18.3 Å². The molecular formula is C21H22N2O2S. The molecule has 0 atom stereocenters. The molecule has 3 aromatic rings. The zero-order valence-electron chi connectivity index (χ0n) is 14.8. The van der Waals surface area contributed by atoms with E-state index in [4.69, 9.17) is 4.74 Å². The monoisotopic (exact) mass is 366 g/mol. The molecule has 0 aliphatic rings. The summed E-state index contributed by atoms with van der Waals surface area (Å²) in [6.45, 7) is 0.659.